The quantitative estimate of drug-likeness (QED) is 0.536. The number of nitro benzene ring substituents is 1. The highest BCUT2D eigenvalue weighted by Crippen LogP contribution is 2.32. The molecule has 1 aromatic rings. The average Bonchev–Trinajstić information content (AvgIpc) is 3.17. The van der Waals surface area contributed by atoms with Crippen LogP contribution in [0.5, 0.6) is 5.75 Å². The van der Waals surface area contributed by atoms with Gasteiger partial charge in [-0.1, -0.05) is 0 Å². The van der Waals surface area contributed by atoms with E-state index in [9.17, 15) is 23.3 Å². The van der Waals surface area contributed by atoms with E-state index in [0.29, 0.717) is 12.8 Å². The molecule has 0 radical (unpaired) electrons. The van der Waals surface area contributed by atoms with Gasteiger partial charge in [0.1, 0.15) is 0 Å². The Labute approximate surface area is 163 Å². The van der Waals surface area contributed by atoms with Crippen molar-refractivity contribution >= 4 is 21.6 Å². The fraction of sp³-hybridized carbons (Fsp3) is 0.588. The van der Waals surface area contributed by atoms with E-state index < -0.39 is 14.9 Å². The van der Waals surface area contributed by atoms with Gasteiger partial charge in [-0.2, -0.15) is 4.31 Å². The van der Waals surface area contributed by atoms with Gasteiger partial charge in [-0.3, -0.25) is 19.8 Å². The zero-order valence-electron chi connectivity index (χ0n) is 15.6. The highest BCUT2D eigenvalue weighted by Gasteiger charge is 2.38. The molecule has 3 rings (SSSR count). The van der Waals surface area contributed by atoms with Gasteiger partial charge in [-0.15, -0.1) is 0 Å². The number of hydrogen-bond acceptors (Lipinski definition) is 7. The highest BCUT2D eigenvalue weighted by molar-refractivity contribution is 7.89. The number of nitrogens with two attached hydrogens (primary N) is 1. The molecule has 0 aromatic heterocycles. The zero-order valence-corrected chi connectivity index (χ0v) is 16.4. The van der Waals surface area contributed by atoms with Crippen LogP contribution in [0.3, 0.4) is 0 Å². The van der Waals surface area contributed by atoms with Gasteiger partial charge >= 0.3 is 5.69 Å². The molecule has 0 saturated carbocycles. The summed E-state index contributed by atoms with van der Waals surface area (Å²) in [6, 6.07) is 3.47. The molecule has 2 N–H and O–H groups in total. The molecule has 0 bridgehead atoms. The van der Waals surface area contributed by atoms with Gasteiger partial charge in [0.2, 0.25) is 15.9 Å². The summed E-state index contributed by atoms with van der Waals surface area (Å²) in [6.07, 6.45) is 2.81. The Bertz CT molecular complexity index is 866. The molecule has 0 spiro atoms. The van der Waals surface area contributed by atoms with Crippen LogP contribution < -0.4 is 10.5 Å². The number of nitrogens with zero attached hydrogens (tertiary/aromatic N) is 3. The third-order valence-corrected chi connectivity index (χ3v) is 7.39. The predicted octanol–water partition coefficient (Wildman–Crippen LogP) is 0.706. The molecule has 10 nitrogen and oxygen atoms in total. The summed E-state index contributed by atoms with van der Waals surface area (Å²) < 4.78 is 32.1. The first-order valence-electron chi connectivity index (χ1n) is 9.13. The Morgan fingerprint density at radius 3 is 2.50 bits per heavy atom. The lowest BCUT2D eigenvalue weighted by molar-refractivity contribution is -0.386. The molecular weight excluding hydrogens is 388 g/mol. The van der Waals surface area contributed by atoms with E-state index in [1.165, 1.54) is 23.5 Å². The van der Waals surface area contributed by atoms with Gasteiger partial charge in [0.15, 0.2) is 5.75 Å². The smallest absolute Gasteiger partial charge is 0.312 e. The van der Waals surface area contributed by atoms with Crippen LogP contribution in [0.4, 0.5) is 5.69 Å². The summed E-state index contributed by atoms with van der Waals surface area (Å²) in [5.41, 5.74) is 5.09. The number of carbonyl (C=O) groups is 1. The van der Waals surface area contributed by atoms with E-state index in [4.69, 9.17) is 10.5 Å². The van der Waals surface area contributed by atoms with Gasteiger partial charge in [0, 0.05) is 25.2 Å². The fourth-order valence-corrected chi connectivity index (χ4v) is 5.56. The summed E-state index contributed by atoms with van der Waals surface area (Å²) in [7, 11) is -2.57. The number of rotatable bonds is 6. The number of sulfonamides is 1. The number of ether oxygens (including phenoxy) is 1. The molecule has 28 heavy (non-hydrogen) atoms. The van der Waals surface area contributed by atoms with Gasteiger partial charge < -0.3 is 10.5 Å². The summed E-state index contributed by atoms with van der Waals surface area (Å²) in [5.74, 6) is -0.327. The van der Waals surface area contributed by atoms with E-state index in [2.05, 4.69) is 4.90 Å². The first kappa shape index (κ1) is 20.5. The number of primary amides is 1. The maximum Gasteiger partial charge on any atom is 0.312 e. The largest absolute Gasteiger partial charge is 0.490 e. The normalized spacial score (nSPS) is 22.2. The molecule has 2 saturated heterocycles. The zero-order chi connectivity index (χ0) is 20.5. The van der Waals surface area contributed by atoms with Gasteiger partial charge in [0.25, 0.3) is 0 Å². The monoisotopic (exact) mass is 412 g/mol. The molecule has 1 aromatic carbocycles. The Balaban J connectivity index is 1.74. The van der Waals surface area contributed by atoms with Gasteiger partial charge in [-0.25, -0.2) is 8.42 Å². The van der Waals surface area contributed by atoms with Crippen LogP contribution in [-0.4, -0.2) is 67.3 Å². The maximum atomic E-state index is 12.9. The number of methoxy groups -OCH3 is 1. The van der Waals surface area contributed by atoms with E-state index >= 15 is 0 Å². The lowest BCUT2D eigenvalue weighted by Crippen LogP contribution is -2.51. The van der Waals surface area contributed by atoms with Crippen molar-refractivity contribution < 1.29 is 22.9 Å². The summed E-state index contributed by atoms with van der Waals surface area (Å²) in [6.45, 7) is 1.36. The van der Waals surface area contributed by atoms with Gasteiger partial charge in [-0.05, 0) is 44.4 Å². The van der Waals surface area contributed by atoms with E-state index in [-0.39, 0.29) is 47.4 Å². The number of piperidine rings is 1. The third-order valence-electron chi connectivity index (χ3n) is 5.50. The topological polar surface area (TPSA) is 136 Å². The SMILES string of the molecule is COc1ccc(S(=O)(=O)N2CCC(N3CCCC3C(N)=O)CC2)cc1[N+](=O)[O-]. The molecular formula is C17H24N4O6S. The number of hydrogen-bond donors (Lipinski definition) is 1. The van der Waals surface area contributed by atoms with Crippen LogP contribution in [0, 0.1) is 10.1 Å². The van der Waals surface area contributed by atoms with Crippen LogP contribution in [0.25, 0.3) is 0 Å². The average molecular weight is 412 g/mol. The molecule has 1 unspecified atom stereocenters. The van der Waals surface area contributed by atoms with E-state index in [1.807, 2.05) is 0 Å². The Morgan fingerprint density at radius 1 is 1.25 bits per heavy atom. The molecule has 0 aliphatic carbocycles. The van der Waals surface area contributed by atoms with Crippen LogP contribution in [0.1, 0.15) is 25.7 Å². The first-order valence-corrected chi connectivity index (χ1v) is 10.6. The molecule has 11 heteroatoms. The minimum absolute atomic E-state index is 0.00850. The molecule has 2 fully saturated rings. The molecule has 2 aliphatic heterocycles. The summed E-state index contributed by atoms with van der Waals surface area (Å²) in [5, 5.41) is 11.2. The summed E-state index contributed by atoms with van der Waals surface area (Å²) >= 11 is 0. The van der Waals surface area contributed by atoms with Crippen molar-refractivity contribution in [3.63, 3.8) is 0 Å². The van der Waals surface area contributed by atoms with Crippen molar-refractivity contribution in [3.8, 4) is 5.75 Å². The van der Waals surface area contributed by atoms with Crippen molar-refractivity contribution in [2.45, 2.75) is 42.7 Å². The number of benzene rings is 1. The van der Waals surface area contributed by atoms with Crippen molar-refractivity contribution in [3.05, 3.63) is 28.3 Å². The van der Waals surface area contributed by atoms with E-state index in [1.54, 1.807) is 0 Å². The first-order chi connectivity index (χ1) is 13.3. The molecule has 1 amide bonds. The summed E-state index contributed by atoms with van der Waals surface area (Å²) in [4.78, 5) is 24.1. The minimum Gasteiger partial charge on any atom is -0.490 e. The van der Waals surface area contributed by atoms with Crippen LogP contribution >= 0.6 is 0 Å². The number of carbonyl (C=O) groups excluding carboxylic acids is 1. The maximum absolute atomic E-state index is 12.9. The lowest BCUT2D eigenvalue weighted by Gasteiger charge is -2.38. The van der Waals surface area contributed by atoms with Crippen molar-refractivity contribution in [2.24, 2.45) is 5.73 Å². The number of amides is 1. The van der Waals surface area contributed by atoms with Gasteiger partial charge in [0.05, 0.1) is 23.0 Å². The predicted molar refractivity (Wildman–Crippen MR) is 100 cm³/mol. The lowest BCUT2D eigenvalue weighted by atomic mass is 10.0. The van der Waals surface area contributed by atoms with Crippen LogP contribution in [-0.2, 0) is 14.8 Å². The Morgan fingerprint density at radius 2 is 1.93 bits per heavy atom. The second-order valence-electron chi connectivity index (χ2n) is 7.02. The second kappa shape index (κ2) is 8.02. The Hall–Kier alpha value is -2.24. The Kier molecular flexibility index (Phi) is 5.87. The van der Waals surface area contributed by atoms with Crippen molar-refractivity contribution in [1.82, 2.24) is 9.21 Å². The fourth-order valence-electron chi connectivity index (χ4n) is 4.07. The molecule has 1 atom stereocenters. The number of likely N-dealkylation sites (tertiary alicyclic amines) is 1. The van der Waals surface area contributed by atoms with Crippen molar-refractivity contribution in [1.29, 1.82) is 0 Å². The van der Waals surface area contributed by atoms with Crippen molar-refractivity contribution in [2.75, 3.05) is 26.7 Å². The molecule has 2 heterocycles. The van der Waals surface area contributed by atoms with E-state index in [0.717, 1.165) is 25.5 Å². The van der Waals surface area contributed by atoms with Crippen LogP contribution in [0.2, 0.25) is 0 Å². The van der Waals surface area contributed by atoms with Crippen LogP contribution in [0.15, 0.2) is 23.1 Å². The molecule has 2 aliphatic rings. The highest BCUT2D eigenvalue weighted by atomic mass is 32.2. The third kappa shape index (κ3) is 3.82. The standard InChI is InChI=1S/C17H24N4O6S/c1-27-16-5-4-13(11-15(16)21(23)24)28(25,26)19-9-6-12(7-10-19)20-8-2-3-14(20)17(18)22/h4-5,11-12,14H,2-3,6-10H2,1H3,(H2,18,22). The molecule has 154 valence electrons. The minimum atomic E-state index is -3.86. The second-order valence-corrected chi connectivity index (χ2v) is 8.96. The number of nitro groups is 1.